The minimum Gasteiger partial charge on any atom is -0.497 e. The fourth-order valence-electron chi connectivity index (χ4n) is 3.50. The van der Waals surface area contributed by atoms with Gasteiger partial charge in [0.05, 0.1) is 7.11 Å². The van der Waals surface area contributed by atoms with Crippen molar-refractivity contribution in [2.45, 2.75) is 13.8 Å². The summed E-state index contributed by atoms with van der Waals surface area (Å²) in [5.74, 6) is 0.622. The van der Waals surface area contributed by atoms with Crippen molar-refractivity contribution in [2.24, 2.45) is 0 Å². The minimum atomic E-state index is -0.131. The molecule has 0 radical (unpaired) electrons. The second-order valence-electron chi connectivity index (χ2n) is 6.88. The van der Waals surface area contributed by atoms with E-state index in [0.717, 1.165) is 24.5 Å². The highest BCUT2D eigenvalue weighted by Crippen LogP contribution is 2.21. The lowest BCUT2D eigenvalue weighted by Crippen LogP contribution is -2.49. The molecule has 0 spiro atoms. The average Bonchev–Trinajstić information content (AvgIpc) is 2.79. The Morgan fingerprint density at radius 3 is 2.28 bits per heavy atom. The van der Waals surface area contributed by atoms with Crippen molar-refractivity contribution in [3.05, 3.63) is 53.9 Å². The van der Waals surface area contributed by atoms with Gasteiger partial charge in [-0.05, 0) is 50.2 Å². The van der Waals surface area contributed by atoms with Gasteiger partial charge in [-0.15, -0.1) is 0 Å². The lowest BCUT2D eigenvalue weighted by atomic mass is 10.1. The molecule has 7 heteroatoms. The fraction of sp³-hybridized carbons (Fsp3) is 0.409. The first-order valence-electron chi connectivity index (χ1n) is 10.0. The molecule has 0 atom stereocenters. The third-order valence-electron chi connectivity index (χ3n) is 5.28. The smallest absolute Gasteiger partial charge is 0.272 e. The van der Waals surface area contributed by atoms with Gasteiger partial charge < -0.3 is 19.4 Å². The Balaban J connectivity index is 1.64. The van der Waals surface area contributed by atoms with Crippen molar-refractivity contribution >= 4 is 17.5 Å². The average molecular weight is 396 g/mol. The third-order valence-corrected chi connectivity index (χ3v) is 5.28. The topological polar surface area (TPSA) is 66.0 Å². The molecule has 0 bridgehead atoms. The lowest BCUT2D eigenvalue weighted by Gasteiger charge is -2.36. The van der Waals surface area contributed by atoms with Gasteiger partial charge in [0.1, 0.15) is 11.4 Å². The number of rotatable bonds is 6. The molecule has 2 amide bonds. The molecular formula is C22H28N4O3. The number of carbonyl (C=O) groups excluding carboxylic acids is 2. The van der Waals surface area contributed by atoms with Crippen LogP contribution in [0.15, 0.2) is 42.6 Å². The van der Waals surface area contributed by atoms with Crippen LogP contribution in [-0.2, 0) is 0 Å². The van der Waals surface area contributed by atoms with Crippen molar-refractivity contribution in [3.8, 4) is 5.75 Å². The quantitative estimate of drug-likeness (QED) is 0.751. The second kappa shape index (κ2) is 9.41. The predicted octanol–water partition coefficient (Wildman–Crippen LogP) is 2.53. The van der Waals surface area contributed by atoms with Gasteiger partial charge >= 0.3 is 0 Å². The molecule has 3 rings (SSSR count). The Hall–Kier alpha value is -3.09. The first-order chi connectivity index (χ1) is 14.1. The molecule has 7 nitrogen and oxygen atoms in total. The number of ether oxygens (including phenoxy) is 1. The first kappa shape index (κ1) is 20.6. The predicted molar refractivity (Wildman–Crippen MR) is 113 cm³/mol. The number of nitrogens with zero attached hydrogens (tertiary/aromatic N) is 4. The molecule has 0 aliphatic carbocycles. The summed E-state index contributed by atoms with van der Waals surface area (Å²) >= 11 is 0. The Labute approximate surface area is 171 Å². The van der Waals surface area contributed by atoms with Gasteiger partial charge in [-0.25, -0.2) is 0 Å². The van der Waals surface area contributed by atoms with Crippen molar-refractivity contribution in [1.82, 2.24) is 14.8 Å². The van der Waals surface area contributed by atoms with E-state index in [2.05, 4.69) is 9.88 Å². The van der Waals surface area contributed by atoms with Crippen molar-refractivity contribution < 1.29 is 14.3 Å². The molecule has 29 heavy (non-hydrogen) atoms. The Kier molecular flexibility index (Phi) is 6.69. The summed E-state index contributed by atoms with van der Waals surface area (Å²) in [6.45, 7) is 7.87. The number of hydrogen-bond acceptors (Lipinski definition) is 5. The molecule has 154 valence electrons. The van der Waals surface area contributed by atoms with E-state index in [9.17, 15) is 9.59 Å². The van der Waals surface area contributed by atoms with Gasteiger partial charge in [0.15, 0.2) is 0 Å². The Morgan fingerprint density at radius 1 is 1.03 bits per heavy atom. The normalized spacial score (nSPS) is 13.9. The third kappa shape index (κ3) is 4.67. The number of aromatic nitrogens is 1. The molecule has 1 aromatic carbocycles. The monoisotopic (exact) mass is 396 g/mol. The number of benzene rings is 1. The zero-order valence-electron chi connectivity index (χ0n) is 17.3. The summed E-state index contributed by atoms with van der Waals surface area (Å²) in [4.78, 5) is 35.5. The minimum absolute atomic E-state index is 0.0734. The maximum atomic E-state index is 12.9. The largest absolute Gasteiger partial charge is 0.497 e. The number of methoxy groups -OCH3 is 1. The molecule has 1 aliphatic heterocycles. The standard InChI is InChI=1S/C22H28N4O3/c1-4-24(5-2)21(27)17-10-11-23-20(16-17)22(28)26-14-12-25(13-15-26)18-6-8-19(29-3)9-7-18/h6-11,16H,4-5,12-15H2,1-3H3. The fourth-order valence-corrected chi connectivity index (χ4v) is 3.50. The van der Waals surface area contributed by atoms with E-state index in [1.165, 1.54) is 6.20 Å². The van der Waals surface area contributed by atoms with Gasteiger partial charge in [0.2, 0.25) is 0 Å². The molecular weight excluding hydrogens is 368 g/mol. The molecule has 2 heterocycles. The highest BCUT2D eigenvalue weighted by Gasteiger charge is 2.24. The van der Waals surface area contributed by atoms with Crippen LogP contribution in [0.1, 0.15) is 34.7 Å². The Morgan fingerprint density at radius 2 is 1.69 bits per heavy atom. The summed E-state index contributed by atoms with van der Waals surface area (Å²) in [7, 11) is 1.65. The number of carbonyl (C=O) groups is 2. The molecule has 0 unspecified atom stereocenters. The lowest BCUT2D eigenvalue weighted by molar-refractivity contribution is 0.0740. The van der Waals surface area contributed by atoms with Crippen molar-refractivity contribution in [3.63, 3.8) is 0 Å². The van der Waals surface area contributed by atoms with Gasteiger partial charge in [0, 0.05) is 56.7 Å². The first-order valence-corrected chi connectivity index (χ1v) is 10.0. The van der Waals surface area contributed by atoms with E-state index in [1.54, 1.807) is 29.0 Å². The van der Waals surface area contributed by atoms with E-state index < -0.39 is 0 Å². The molecule has 2 aromatic rings. The van der Waals surface area contributed by atoms with Crippen LogP contribution in [0.3, 0.4) is 0 Å². The Bertz CT molecular complexity index is 841. The maximum absolute atomic E-state index is 12.9. The van der Waals surface area contributed by atoms with Crippen molar-refractivity contribution in [1.29, 1.82) is 0 Å². The molecule has 1 fully saturated rings. The van der Waals surface area contributed by atoms with Gasteiger partial charge in [-0.1, -0.05) is 0 Å². The summed E-state index contributed by atoms with van der Waals surface area (Å²) < 4.78 is 5.20. The number of pyridine rings is 1. The van der Waals surface area contributed by atoms with Crippen LogP contribution in [0.4, 0.5) is 5.69 Å². The van der Waals surface area contributed by atoms with E-state index in [1.807, 2.05) is 38.1 Å². The molecule has 1 aliphatic rings. The zero-order chi connectivity index (χ0) is 20.8. The van der Waals surface area contributed by atoms with Crippen LogP contribution >= 0.6 is 0 Å². The highest BCUT2D eigenvalue weighted by molar-refractivity contribution is 5.98. The van der Waals surface area contributed by atoms with E-state index >= 15 is 0 Å². The van der Waals surface area contributed by atoms with Crippen LogP contribution in [-0.4, -0.2) is 73.0 Å². The van der Waals surface area contributed by atoms with Gasteiger partial charge in [-0.3, -0.25) is 14.6 Å². The number of amides is 2. The van der Waals surface area contributed by atoms with Gasteiger partial charge in [0.25, 0.3) is 11.8 Å². The van der Waals surface area contributed by atoms with Crippen LogP contribution in [0.25, 0.3) is 0 Å². The van der Waals surface area contributed by atoms with E-state index in [4.69, 9.17) is 4.74 Å². The van der Waals surface area contributed by atoms with Crippen LogP contribution in [0.2, 0.25) is 0 Å². The molecule has 0 saturated carbocycles. The summed E-state index contributed by atoms with van der Waals surface area (Å²) in [6, 6.07) is 11.2. The number of piperazine rings is 1. The summed E-state index contributed by atoms with van der Waals surface area (Å²) in [5, 5.41) is 0. The summed E-state index contributed by atoms with van der Waals surface area (Å²) in [5.41, 5.74) is 1.94. The number of anilines is 1. The highest BCUT2D eigenvalue weighted by atomic mass is 16.5. The second-order valence-corrected chi connectivity index (χ2v) is 6.88. The zero-order valence-corrected chi connectivity index (χ0v) is 17.3. The van der Waals surface area contributed by atoms with Crippen LogP contribution in [0.5, 0.6) is 5.75 Å². The van der Waals surface area contributed by atoms with Crippen molar-refractivity contribution in [2.75, 3.05) is 51.3 Å². The van der Waals surface area contributed by atoms with Crippen LogP contribution < -0.4 is 9.64 Å². The molecule has 1 saturated heterocycles. The SMILES string of the molecule is CCN(CC)C(=O)c1ccnc(C(=O)N2CCN(c3ccc(OC)cc3)CC2)c1. The molecule has 0 N–H and O–H groups in total. The maximum Gasteiger partial charge on any atom is 0.272 e. The number of hydrogen-bond donors (Lipinski definition) is 0. The van der Waals surface area contributed by atoms with Gasteiger partial charge in [-0.2, -0.15) is 0 Å². The summed E-state index contributed by atoms with van der Waals surface area (Å²) in [6.07, 6.45) is 1.54. The van der Waals surface area contributed by atoms with E-state index in [0.29, 0.717) is 37.4 Å². The molecule has 1 aromatic heterocycles. The van der Waals surface area contributed by atoms with Crippen LogP contribution in [0, 0.1) is 0 Å². The van der Waals surface area contributed by atoms with E-state index in [-0.39, 0.29) is 11.8 Å².